The molecule has 2 atom stereocenters. The maximum atomic E-state index is 12.3. The third-order valence-electron chi connectivity index (χ3n) is 4.29. The highest BCUT2D eigenvalue weighted by Crippen LogP contribution is 2.23. The lowest BCUT2D eigenvalue weighted by molar-refractivity contribution is -0.146. The summed E-state index contributed by atoms with van der Waals surface area (Å²) in [7, 11) is 1.32. The van der Waals surface area contributed by atoms with E-state index in [4.69, 9.17) is 4.74 Å². The molecule has 0 aliphatic rings. The quantitative estimate of drug-likeness (QED) is 0.516. The number of carbonyl (C=O) groups excluding carboxylic acids is 2. The molecule has 0 saturated heterocycles. The number of rotatable bonds is 9. The van der Waals surface area contributed by atoms with Gasteiger partial charge < -0.3 is 14.6 Å². The third kappa shape index (κ3) is 5.29. The molecule has 0 aliphatic heterocycles. The van der Waals surface area contributed by atoms with Crippen molar-refractivity contribution < 1.29 is 14.3 Å². The number of hydrogen-bond acceptors (Lipinski definition) is 7. The van der Waals surface area contributed by atoms with Gasteiger partial charge in [-0.1, -0.05) is 32.0 Å². The van der Waals surface area contributed by atoms with Crippen LogP contribution in [0.15, 0.2) is 29.7 Å². The lowest BCUT2D eigenvalue weighted by Crippen LogP contribution is -2.46. The number of pyridine rings is 1. The number of nitrogens with one attached hydrogen (secondary N) is 1. The van der Waals surface area contributed by atoms with Crippen LogP contribution in [0, 0.1) is 5.92 Å². The highest BCUT2D eigenvalue weighted by molar-refractivity contribution is 7.99. The van der Waals surface area contributed by atoms with E-state index in [0.717, 1.165) is 17.8 Å². The van der Waals surface area contributed by atoms with Crippen LogP contribution in [-0.2, 0) is 20.9 Å². The van der Waals surface area contributed by atoms with Crippen molar-refractivity contribution in [3.8, 4) is 11.4 Å². The van der Waals surface area contributed by atoms with Crippen LogP contribution in [0.1, 0.15) is 27.2 Å². The lowest BCUT2D eigenvalue weighted by Gasteiger charge is -2.21. The van der Waals surface area contributed by atoms with Gasteiger partial charge in [-0.3, -0.25) is 9.78 Å². The topological polar surface area (TPSA) is 99.0 Å². The van der Waals surface area contributed by atoms with Crippen LogP contribution in [0.5, 0.6) is 0 Å². The molecule has 0 radical (unpaired) electrons. The first-order valence-corrected chi connectivity index (χ1v) is 9.83. The van der Waals surface area contributed by atoms with E-state index in [1.54, 1.807) is 12.4 Å². The first kappa shape index (κ1) is 20.9. The van der Waals surface area contributed by atoms with Crippen molar-refractivity contribution in [2.45, 2.75) is 44.9 Å². The second-order valence-electron chi connectivity index (χ2n) is 6.03. The molecule has 0 aromatic carbocycles. The lowest BCUT2D eigenvalue weighted by atomic mass is 9.99. The van der Waals surface area contributed by atoms with Gasteiger partial charge in [0.25, 0.3) is 0 Å². The molecule has 2 rings (SSSR count). The molecular formula is C18H25N5O3S. The Morgan fingerprint density at radius 3 is 2.56 bits per heavy atom. The van der Waals surface area contributed by atoms with Gasteiger partial charge in [-0.25, -0.2) is 4.79 Å². The molecule has 8 nitrogen and oxygen atoms in total. The van der Waals surface area contributed by atoms with Crippen molar-refractivity contribution in [1.29, 1.82) is 0 Å². The second-order valence-corrected chi connectivity index (χ2v) is 6.97. The Bertz CT molecular complexity index is 766. The van der Waals surface area contributed by atoms with Gasteiger partial charge >= 0.3 is 5.97 Å². The molecule has 2 aromatic rings. The van der Waals surface area contributed by atoms with Crippen molar-refractivity contribution in [3.05, 3.63) is 24.5 Å². The minimum absolute atomic E-state index is 0.0102. The predicted octanol–water partition coefficient (Wildman–Crippen LogP) is 2.16. The molecule has 1 amide bonds. The van der Waals surface area contributed by atoms with E-state index < -0.39 is 12.0 Å². The summed E-state index contributed by atoms with van der Waals surface area (Å²) >= 11 is 1.29. The Morgan fingerprint density at radius 1 is 1.26 bits per heavy atom. The zero-order valence-electron chi connectivity index (χ0n) is 16.0. The van der Waals surface area contributed by atoms with Crippen molar-refractivity contribution in [1.82, 2.24) is 25.1 Å². The van der Waals surface area contributed by atoms with E-state index in [9.17, 15) is 9.59 Å². The Kier molecular flexibility index (Phi) is 7.78. The van der Waals surface area contributed by atoms with E-state index in [0.29, 0.717) is 11.7 Å². The minimum atomic E-state index is -0.649. The summed E-state index contributed by atoms with van der Waals surface area (Å²) in [5, 5.41) is 11.9. The van der Waals surface area contributed by atoms with Crippen LogP contribution in [0.2, 0.25) is 0 Å². The standard InChI is InChI=1S/C18H25N5O3S/c1-5-12(3)15(17(25)26-4)20-14(24)11-27-18-22-21-16(23(18)6-2)13-7-9-19-10-8-13/h7-10,12,15H,5-6,11H2,1-4H3,(H,20,24)/t12-,15-/m1/s1. The summed E-state index contributed by atoms with van der Waals surface area (Å²) in [6.45, 7) is 6.54. The Morgan fingerprint density at radius 2 is 1.96 bits per heavy atom. The number of aromatic nitrogens is 4. The van der Waals surface area contributed by atoms with Crippen LogP contribution < -0.4 is 5.32 Å². The van der Waals surface area contributed by atoms with Crippen molar-refractivity contribution >= 4 is 23.6 Å². The molecule has 0 saturated carbocycles. The van der Waals surface area contributed by atoms with Crippen LogP contribution in [0.25, 0.3) is 11.4 Å². The molecule has 0 fully saturated rings. The summed E-state index contributed by atoms with van der Waals surface area (Å²) in [6.07, 6.45) is 4.16. The van der Waals surface area contributed by atoms with E-state index in [-0.39, 0.29) is 17.6 Å². The average molecular weight is 391 g/mol. The number of esters is 1. The van der Waals surface area contributed by atoms with Crippen molar-refractivity contribution in [3.63, 3.8) is 0 Å². The highest BCUT2D eigenvalue weighted by atomic mass is 32.2. The second kappa shape index (κ2) is 10.1. The smallest absolute Gasteiger partial charge is 0.328 e. The zero-order chi connectivity index (χ0) is 19.8. The van der Waals surface area contributed by atoms with Crippen LogP contribution in [0.4, 0.5) is 0 Å². The molecule has 0 aliphatic carbocycles. The molecule has 0 bridgehead atoms. The van der Waals surface area contributed by atoms with Crippen molar-refractivity contribution in [2.75, 3.05) is 12.9 Å². The van der Waals surface area contributed by atoms with Crippen LogP contribution >= 0.6 is 11.8 Å². The fourth-order valence-corrected chi connectivity index (χ4v) is 3.35. The first-order chi connectivity index (χ1) is 13.0. The maximum Gasteiger partial charge on any atom is 0.328 e. The first-order valence-electron chi connectivity index (χ1n) is 8.85. The highest BCUT2D eigenvalue weighted by Gasteiger charge is 2.26. The number of hydrogen-bond donors (Lipinski definition) is 1. The number of thioether (sulfide) groups is 1. The minimum Gasteiger partial charge on any atom is -0.467 e. The average Bonchev–Trinajstić information content (AvgIpc) is 3.12. The molecule has 2 aromatic heterocycles. The van der Waals surface area contributed by atoms with Crippen LogP contribution in [0.3, 0.4) is 0 Å². The summed E-state index contributed by atoms with van der Waals surface area (Å²) in [5.41, 5.74) is 0.915. The number of carbonyl (C=O) groups is 2. The van der Waals surface area contributed by atoms with Crippen LogP contribution in [-0.4, -0.2) is 50.5 Å². The molecule has 27 heavy (non-hydrogen) atoms. The van der Waals surface area contributed by atoms with Crippen molar-refractivity contribution in [2.24, 2.45) is 5.92 Å². The Labute approximate surface area is 163 Å². The molecule has 146 valence electrons. The van der Waals surface area contributed by atoms with Gasteiger partial charge in [0.2, 0.25) is 5.91 Å². The van der Waals surface area contributed by atoms with Gasteiger partial charge in [0.05, 0.1) is 12.9 Å². The molecular weight excluding hydrogens is 366 g/mol. The van der Waals surface area contributed by atoms with Gasteiger partial charge in [0.15, 0.2) is 11.0 Å². The fourth-order valence-electron chi connectivity index (χ4n) is 2.54. The Hall–Kier alpha value is -2.42. The normalized spacial score (nSPS) is 13.0. The molecule has 0 unspecified atom stereocenters. The van der Waals surface area contributed by atoms with Gasteiger partial charge in [0.1, 0.15) is 6.04 Å². The molecule has 2 heterocycles. The summed E-state index contributed by atoms with van der Waals surface area (Å²) < 4.78 is 6.74. The number of methoxy groups -OCH3 is 1. The van der Waals surface area contributed by atoms with E-state index in [1.165, 1.54) is 18.9 Å². The van der Waals surface area contributed by atoms with E-state index in [1.807, 2.05) is 37.5 Å². The Balaban J connectivity index is 2.05. The zero-order valence-corrected chi connectivity index (χ0v) is 16.8. The number of ether oxygens (including phenoxy) is 1. The number of amides is 1. The SMILES string of the molecule is CC[C@@H](C)[C@@H](NC(=O)CSc1nnc(-c2ccncc2)n1CC)C(=O)OC. The summed E-state index contributed by atoms with van der Waals surface area (Å²) in [6, 6.07) is 3.08. The number of nitrogens with zero attached hydrogens (tertiary/aromatic N) is 4. The molecule has 0 spiro atoms. The largest absolute Gasteiger partial charge is 0.467 e. The monoisotopic (exact) mass is 391 g/mol. The van der Waals surface area contributed by atoms with Gasteiger partial charge in [-0.05, 0) is 25.0 Å². The maximum absolute atomic E-state index is 12.3. The fraction of sp³-hybridized carbons (Fsp3) is 0.500. The van der Waals surface area contributed by atoms with Gasteiger partial charge in [0, 0.05) is 24.5 Å². The van der Waals surface area contributed by atoms with Gasteiger partial charge in [-0.15, -0.1) is 10.2 Å². The van der Waals surface area contributed by atoms with E-state index >= 15 is 0 Å². The van der Waals surface area contributed by atoms with E-state index in [2.05, 4.69) is 20.5 Å². The van der Waals surface area contributed by atoms with Gasteiger partial charge in [-0.2, -0.15) is 0 Å². The summed E-state index contributed by atoms with van der Waals surface area (Å²) in [4.78, 5) is 28.3. The third-order valence-corrected chi connectivity index (χ3v) is 5.26. The summed E-state index contributed by atoms with van der Waals surface area (Å²) in [5.74, 6) is 0.184. The molecule has 1 N–H and O–H groups in total. The predicted molar refractivity (Wildman–Crippen MR) is 103 cm³/mol. The molecule has 9 heteroatoms.